The van der Waals surface area contributed by atoms with Crippen molar-refractivity contribution < 1.29 is 5.11 Å². The van der Waals surface area contributed by atoms with Gasteiger partial charge in [-0.15, -0.1) is 0 Å². The minimum Gasteiger partial charge on any atom is -0.390 e. The fraction of sp³-hybridized carbons (Fsp3) is 0.867. The first-order chi connectivity index (χ1) is 8.76. The summed E-state index contributed by atoms with van der Waals surface area (Å²) in [7, 11) is 0. The highest BCUT2D eigenvalue weighted by Crippen LogP contribution is 2.19. The summed E-state index contributed by atoms with van der Waals surface area (Å²) in [6, 6.07) is 0. The standard InChI is InChI=1S/C15H30N2O/c1-3-17(4-2)13-15(18)12-16-11-10-14-8-6-5-7-9-14/h8,15-16,18H,3-7,9-13H2,1-2H3. The summed E-state index contributed by atoms with van der Waals surface area (Å²) >= 11 is 0. The van der Waals surface area contributed by atoms with Gasteiger partial charge >= 0.3 is 0 Å². The molecule has 1 unspecified atom stereocenters. The Morgan fingerprint density at radius 3 is 2.72 bits per heavy atom. The topological polar surface area (TPSA) is 35.5 Å². The molecule has 2 N–H and O–H groups in total. The SMILES string of the molecule is CCN(CC)CC(O)CNCCC1=CCCCC1. The van der Waals surface area contributed by atoms with Gasteiger partial charge in [0, 0.05) is 13.1 Å². The van der Waals surface area contributed by atoms with Crippen LogP contribution in [-0.2, 0) is 0 Å². The van der Waals surface area contributed by atoms with E-state index in [-0.39, 0.29) is 6.10 Å². The normalized spacial score (nSPS) is 17.9. The zero-order valence-corrected chi connectivity index (χ0v) is 12.1. The predicted octanol–water partition coefficient (Wildman–Crippen LogP) is 2.17. The van der Waals surface area contributed by atoms with Crippen LogP contribution >= 0.6 is 0 Å². The molecule has 0 heterocycles. The third-order valence-corrected chi connectivity index (χ3v) is 3.75. The summed E-state index contributed by atoms with van der Waals surface area (Å²) in [5.41, 5.74) is 1.60. The van der Waals surface area contributed by atoms with Crippen molar-refractivity contribution in [1.29, 1.82) is 0 Å². The van der Waals surface area contributed by atoms with E-state index in [1.54, 1.807) is 5.57 Å². The van der Waals surface area contributed by atoms with Crippen LogP contribution in [0.2, 0.25) is 0 Å². The Labute approximate surface area is 112 Å². The maximum atomic E-state index is 9.90. The molecule has 0 aromatic carbocycles. The Bertz CT molecular complexity index is 237. The number of likely N-dealkylation sites (N-methyl/N-ethyl adjacent to an activating group) is 1. The highest BCUT2D eigenvalue weighted by Gasteiger charge is 2.08. The van der Waals surface area contributed by atoms with Crippen LogP contribution in [0.5, 0.6) is 0 Å². The molecule has 1 aliphatic rings. The Kier molecular flexibility index (Phi) is 8.31. The average Bonchev–Trinajstić information content (AvgIpc) is 2.42. The lowest BCUT2D eigenvalue weighted by atomic mass is 9.97. The smallest absolute Gasteiger partial charge is 0.0791 e. The van der Waals surface area contributed by atoms with Crippen LogP contribution in [-0.4, -0.2) is 48.8 Å². The van der Waals surface area contributed by atoms with Crippen LogP contribution < -0.4 is 5.32 Å². The van der Waals surface area contributed by atoms with E-state index < -0.39 is 0 Å². The van der Waals surface area contributed by atoms with E-state index in [1.165, 1.54) is 25.7 Å². The van der Waals surface area contributed by atoms with Crippen LogP contribution in [0.15, 0.2) is 11.6 Å². The van der Waals surface area contributed by atoms with Gasteiger partial charge in [0.15, 0.2) is 0 Å². The Morgan fingerprint density at radius 1 is 1.33 bits per heavy atom. The molecule has 0 fully saturated rings. The van der Waals surface area contributed by atoms with Crippen molar-refractivity contribution in [2.75, 3.05) is 32.7 Å². The lowest BCUT2D eigenvalue weighted by Crippen LogP contribution is -2.38. The van der Waals surface area contributed by atoms with E-state index in [1.807, 2.05) is 0 Å². The van der Waals surface area contributed by atoms with Gasteiger partial charge in [-0.2, -0.15) is 0 Å². The van der Waals surface area contributed by atoms with Crippen LogP contribution in [0.4, 0.5) is 0 Å². The number of hydrogen-bond acceptors (Lipinski definition) is 3. The highest BCUT2D eigenvalue weighted by atomic mass is 16.3. The Morgan fingerprint density at radius 2 is 2.11 bits per heavy atom. The summed E-state index contributed by atoms with van der Waals surface area (Å²) in [6.45, 7) is 8.80. The van der Waals surface area contributed by atoms with E-state index in [0.717, 1.165) is 32.6 Å². The third kappa shape index (κ3) is 6.53. The van der Waals surface area contributed by atoms with Crippen LogP contribution in [0.3, 0.4) is 0 Å². The van der Waals surface area contributed by atoms with Crippen molar-refractivity contribution in [3.63, 3.8) is 0 Å². The Hall–Kier alpha value is -0.380. The summed E-state index contributed by atoms with van der Waals surface area (Å²) in [5, 5.41) is 13.3. The molecule has 0 radical (unpaired) electrons. The monoisotopic (exact) mass is 254 g/mol. The molecule has 1 aliphatic carbocycles. The summed E-state index contributed by atoms with van der Waals surface area (Å²) in [4.78, 5) is 2.26. The lowest BCUT2D eigenvalue weighted by Gasteiger charge is -2.22. The second-order valence-corrected chi connectivity index (χ2v) is 5.20. The van der Waals surface area contributed by atoms with E-state index in [0.29, 0.717) is 6.54 Å². The molecule has 3 heteroatoms. The minimum atomic E-state index is -0.245. The van der Waals surface area contributed by atoms with Crippen molar-refractivity contribution in [3.05, 3.63) is 11.6 Å². The van der Waals surface area contributed by atoms with Gasteiger partial charge in [0.05, 0.1) is 6.10 Å². The van der Waals surface area contributed by atoms with Gasteiger partial charge in [-0.3, -0.25) is 0 Å². The molecule has 18 heavy (non-hydrogen) atoms. The molecule has 0 saturated heterocycles. The first-order valence-corrected chi connectivity index (χ1v) is 7.55. The summed E-state index contributed by atoms with van der Waals surface area (Å²) < 4.78 is 0. The molecule has 0 spiro atoms. The fourth-order valence-electron chi connectivity index (χ4n) is 2.49. The predicted molar refractivity (Wildman–Crippen MR) is 77.8 cm³/mol. The van der Waals surface area contributed by atoms with Crippen molar-refractivity contribution >= 4 is 0 Å². The van der Waals surface area contributed by atoms with Crippen LogP contribution in [0, 0.1) is 0 Å². The number of hydrogen-bond donors (Lipinski definition) is 2. The number of aliphatic hydroxyl groups is 1. The number of rotatable bonds is 9. The number of nitrogens with one attached hydrogen (secondary N) is 1. The van der Waals surface area contributed by atoms with Gasteiger partial charge < -0.3 is 15.3 Å². The summed E-state index contributed by atoms with van der Waals surface area (Å²) in [6.07, 6.45) is 8.57. The molecule has 1 atom stereocenters. The van der Waals surface area contributed by atoms with E-state index >= 15 is 0 Å². The van der Waals surface area contributed by atoms with E-state index in [9.17, 15) is 5.11 Å². The number of nitrogens with zero attached hydrogens (tertiary/aromatic N) is 1. The second-order valence-electron chi connectivity index (χ2n) is 5.20. The molecule has 0 amide bonds. The molecular formula is C15H30N2O. The number of allylic oxidation sites excluding steroid dienone is 1. The lowest BCUT2D eigenvalue weighted by molar-refractivity contribution is 0.117. The van der Waals surface area contributed by atoms with Crippen molar-refractivity contribution in [2.45, 2.75) is 52.1 Å². The van der Waals surface area contributed by atoms with Crippen molar-refractivity contribution in [3.8, 4) is 0 Å². The second kappa shape index (κ2) is 9.54. The third-order valence-electron chi connectivity index (χ3n) is 3.75. The van der Waals surface area contributed by atoms with Crippen LogP contribution in [0.1, 0.15) is 46.0 Å². The fourth-order valence-corrected chi connectivity index (χ4v) is 2.49. The molecule has 0 bridgehead atoms. The summed E-state index contributed by atoms with van der Waals surface area (Å²) in [5.74, 6) is 0. The molecule has 106 valence electrons. The quantitative estimate of drug-likeness (QED) is 0.489. The zero-order valence-electron chi connectivity index (χ0n) is 12.1. The highest BCUT2D eigenvalue weighted by molar-refractivity contribution is 5.05. The molecule has 0 aliphatic heterocycles. The van der Waals surface area contributed by atoms with E-state index in [4.69, 9.17) is 0 Å². The first kappa shape index (κ1) is 15.7. The molecule has 3 nitrogen and oxygen atoms in total. The molecular weight excluding hydrogens is 224 g/mol. The van der Waals surface area contributed by atoms with Crippen molar-refractivity contribution in [1.82, 2.24) is 10.2 Å². The minimum absolute atomic E-state index is 0.245. The van der Waals surface area contributed by atoms with Gasteiger partial charge in [-0.05, 0) is 51.7 Å². The van der Waals surface area contributed by atoms with Crippen LogP contribution in [0.25, 0.3) is 0 Å². The largest absolute Gasteiger partial charge is 0.390 e. The Balaban J connectivity index is 2.04. The maximum Gasteiger partial charge on any atom is 0.0791 e. The molecule has 0 saturated carbocycles. The van der Waals surface area contributed by atoms with Gasteiger partial charge in [0.1, 0.15) is 0 Å². The van der Waals surface area contributed by atoms with E-state index in [2.05, 4.69) is 30.1 Å². The van der Waals surface area contributed by atoms with Crippen molar-refractivity contribution in [2.24, 2.45) is 0 Å². The van der Waals surface area contributed by atoms with Gasteiger partial charge in [-0.25, -0.2) is 0 Å². The van der Waals surface area contributed by atoms with Gasteiger partial charge in [0.2, 0.25) is 0 Å². The molecule has 1 rings (SSSR count). The van der Waals surface area contributed by atoms with Gasteiger partial charge in [0.25, 0.3) is 0 Å². The average molecular weight is 254 g/mol. The number of aliphatic hydroxyl groups excluding tert-OH is 1. The van der Waals surface area contributed by atoms with Gasteiger partial charge in [-0.1, -0.05) is 25.5 Å². The molecule has 0 aromatic heterocycles. The zero-order chi connectivity index (χ0) is 13.2. The molecule has 0 aromatic rings. The maximum absolute atomic E-state index is 9.90. The first-order valence-electron chi connectivity index (χ1n) is 7.55.